The summed E-state index contributed by atoms with van der Waals surface area (Å²) < 4.78 is 10.9. The molecule has 6 unspecified atom stereocenters. The highest BCUT2D eigenvalue weighted by atomic mass is 16.7. The van der Waals surface area contributed by atoms with Crippen molar-refractivity contribution in [2.75, 3.05) is 20.0 Å². The molecule has 0 aromatic carbocycles. The number of ether oxygens (including phenoxy) is 2. The highest BCUT2D eigenvalue weighted by Gasteiger charge is 2.17. The third-order valence-corrected chi connectivity index (χ3v) is 5.46. The molecule has 27 heavy (non-hydrogen) atoms. The molecule has 6 atom stereocenters. The quantitative estimate of drug-likeness (QED) is 0.211. The monoisotopic (exact) mass is 386 g/mol. The van der Waals surface area contributed by atoms with E-state index in [2.05, 4.69) is 41.5 Å². The largest absolute Gasteiger partial charge is 0.393 e. The molecular formula is C24H50O3. The van der Waals surface area contributed by atoms with E-state index >= 15 is 0 Å². The Bertz CT molecular complexity index is 319. The van der Waals surface area contributed by atoms with Crippen molar-refractivity contribution < 1.29 is 14.6 Å². The normalized spacial score (nSPS) is 18.7. The van der Waals surface area contributed by atoms with E-state index in [1.54, 1.807) is 0 Å². The summed E-state index contributed by atoms with van der Waals surface area (Å²) in [6, 6.07) is 0. The predicted octanol–water partition coefficient (Wildman–Crippen LogP) is 6.68. The van der Waals surface area contributed by atoms with Gasteiger partial charge in [-0.2, -0.15) is 0 Å². The van der Waals surface area contributed by atoms with E-state index < -0.39 is 0 Å². The van der Waals surface area contributed by atoms with Crippen molar-refractivity contribution in [3.8, 4) is 0 Å². The van der Waals surface area contributed by atoms with Gasteiger partial charge in [0.15, 0.2) is 0 Å². The highest BCUT2D eigenvalue weighted by molar-refractivity contribution is 4.68. The fraction of sp³-hybridized carbons (Fsp3) is 1.00. The summed E-state index contributed by atoms with van der Waals surface area (Å²) >= 11 is 0. The van der Waals surface area contributed by atoms with Crippen molar-refractivity contribution in [2.45, 2.75) is 106 Å². The maximum atomic E-state index is 9.53. The standard InChI is InChI=1S/C24H50O3/c1-8-11-26-18-27-12-9-10-19(2)13-20(3)14-21(4)15-22(5)16-23(6)17-24(7)25/h19-25H,8-18H2,1-7H3. The van der Waals surface area contributed by atoms with Crippen LogP contribution in [0.25, 0.3) is 0 Å². The average Bonchev–Trinajstić information content (AvgIpc) is 2.52. The number of hydrogen-bond donors (Lipinski definition) is 1. The van der Waals surface area contributed by atoms with Gasteiger partial charge in [-0.25, -0.2) is 0 Å². The lowest BCUT2D eigenvalue weighted by Gasteiger charge is -2.24. The Hall–Kier alpha value is -0.120. The number of rotatable bonds is 18. The molecule has 0 aromatic rings. The lowest BCUT2D eigenvalue weighted by Crippen LogP contribution is -2.14. The van der Waals surface area contributed by atoms with Crippen molar-refractivity contribution in [2.24, 2.45) is 29.6 Å². The molecule has 164 valence electrons. The number of hydrogen-bond acceptors (Lipinski definition) is 3. The van der Waals surface area contributed by atoms with E-state index in [0.29, 0.717) is 12.7 Å². The second-order valence-electron chi connectivity index (χ2n) is 9.63. The van der Waals surface area contributed by atoms with Gasteiger partial charge in [0.2, 0.25) is 0 Å². The smallest absolute Gasteiger partial charge is 0.146 e. The molecule has 0 aliphatic heterocycles. The Labute approximate surface area is 170 Å². The van der Waals surface area contributed by atoms with Gasteiger partial charge in [0, 0.05) is 13.2 Å². The lowest BCUT2D eigenvalue weighted by atomic mass is 9.82. The molecule has 1 N–H and O–H groups in total. The maximum Gasteiger partial charge on any atom is 0.146 e. The zero-order chi connectivity index (χ0) is 20.7. The molecular weight excluding hydrogens is 336 g/mol. The first-order valence-electron chi connectivity index (χ1n) is 11.6. The average molecular weight is 387 g/mol. The first-order chi connectivity index (χ1) is 12.7. The minimum Gasteiger partial charge on any atom is -0.393 e. The Morgan fingerprint density at radius 3 is 1.56 bits per heavy atom. The molecule has 0 aliphatic carbocycles. The first-order valence-corrected chi connectivity index (χ1v) is 11.6. The zero-order valence-electron chi connectivity index (χ0n) is 19.5. The topological polar surface area (TPSA) is 38.7 Å². The molecule has 0 saturated heterocycles. The van der Waals surface area contributed by atoms with Gasteiger partial charge in [-0.15, -0.1) is 0 Å². The molecule has 0 rings (SSSR count). The van der Waals surface area contributed by atoms with Crippen LogP contribution >= 0.6 is 0 Å². The summed E-state index contributed by atoms with van der Waals surface area (Å²) in [7, 11) is 0. The van der Waals surface area contributed by atoms with Gasteiger partial charge in [-0.05, 0) is 87.9 Å². The van der Waals surface area contributed by atoms with Gasteiger partial charge in [0.05, 0.1) is 6.10 Å². The second kappa shape index (κ2) is 16.8. The highest BCUT2D eigenvalue weighted by Crippen LogP contribution is 2.28. The molecule has 0 saturated carbocycles. The van der Waals surface area contributed by atoms with E-state index in [4.69, 9.17) is 9.47 Å². The maximum absolute atomic E-state index is 9.53. The molecule has 0 aromatic heterocycles. The molecule has 0 amide bonds. The Kier molecular flexibility index (Phi) is 16.7. The fourth-order valence-electron chi connectivity index (χ4n) is 4.69. The van der Waals surface area contributed by atoms with Gasteiger partial charge in [0.1, 0.15) is 6.79 Å². The molecule has 0 aliphatic rings. The summed E-state index contributed by atoms with van der Waals surface area (Å²) in [5.74, 6) is 3.74. The SMILES string of the molecule is CCCOCOCCCC(C)CC(C)CC(C)CC(C)CC(C)CC(C)O. The Morgan fingerprint density at radius 2 is 1.07 bits per heavy atom. The second-order valence-corrected chi connectivity index (χ2v) is 9.63. The van der Waals surface area contributed by atoms with Gasteiger partial charge >= 0.3 is 0 Å². The van der Waals surface area contributed by atoms with Crippen LogP contribution in [-0.2, 0) is 9.47 Å². The summed E-state index contributed by atoms with van der Waals surface area (Å²) in [5, 5.41) is 9.53. The summed E-state index contributed by atoms with van der Waals surface area (Å²) in [6.45, 7) is 18.0. The fourth-order valence-corrected chi connectivity index (χ4v) is 4.69. The minimum absolute atomic E-state index is 0.166. The van der Waals surface area contributed by atoms with Crippen LogP contribution in [0.3, 0.4) is 0 Å². The van der Waals surface area contributed by atoms with Crippen LogP contribution in [0, 0.1) is 29.6 Å². The van der Waals surface area contributed by atoms with Crippen molar-refractivity contribution in [1.82, 2.24) is 0 Å². The van der Waals surface area contributed by atoms with E-state index in [9.17, 15) is 5.11 Å². The number of aliphatic hydroxyl groups is 1. The van der Waals surface area contributed by atoms with E-state index in [1.807, 2.05) is 6.92 Å². The van der Waals surface area contributed by atoms with Gasteiger partial charge < -0.3 is 14.6 Å². The molecule has 0 spiro atoms. The minimum atomic E-state index is -0.166. The summed E-state index contributed by atoms with van der Waals surface area (Å²) in [4.78, 5) is 0. The summed E-state index contributed by atoms with van der Waals surface area (Å²) in [6.07, 6.45) is 9.41. The van der Waals surface area contributed by atoms with Crippen molar-refractivity contribution in [3.05, 3.63) is 0 Å². The molecule has 0 radical (unpaired) electrons. The lowest BCUT2D eigenvalue weighted by molar-refractivity contribution is -0.0549. The van der Waals surface area contributed by atoms with Crippen LogP contribution in [0.5, 0.6) is 0 Å². The molecule has 3 nitrogen and oxygen atoms in total. The van der Waals surface area contributed by atoms with E-state index in [0.717, 1.165) is 56.1 Å². The molecule has 3 heteroatoms. The van der Waals surface area contributed by atoms with Crippen LogP contribution in [0.1, 0.15) is 99.8 Å². The molecule has 0 fully saturated rings. The Morgan fingerprint density at radius 1 is 0.630 bits per heavy atom. The molecule has 0 bridgehead atoms. The number of aliphatic hydroxyl groups excluding tert-OH is 1. The van der Waals surface area contributed by atoms with Crippen LogP contribution < -0.4 is 0 Å². The molecule has 0 heterocycles. The van der Waals surface area contributed by atoms with E-state index in [1.165, 1.54) is 32.1 Å². The van der Waals surface area contributed by atoms with Crippen molar-refractivity contribution in [3.63, 3.8) is 0 Å². The van der Waals surface area contributed by atoms with Gasteiger partial charge in [0.25, 0.3) is 0 Å². The first kappa shape index (κ1) is 26.9. The summed E-state index contributed by atoms with van der Waals surface area (Å²) in [5.41, 5.74) is 0. The third-order valence-electron chi connectivity index (χ3n) is 5.46. The van der Waals surface area contributed by atoms with E-state index in [-0.39, 0.29) is 6.10 Å². The van der Waals surface area contributed by atoms with Gasteiger partial charge in [-0.3, -0.25) is 0 Å². The van der Waals surface area contributed by atoms with Crippen molar-refractivity contribution >= 4 is 0 Å². The van der Waals surface area contributed by atoms with Crippen LogP contribution in [-0.4, -0.2) is 31.2 Å². The van der Waals surface area contributed by atoms with Crippen LogP contribution in [0.15, 0.2) is 0 Å². The predicted molar refractivity (Wildman–Crippen MR) is 117 cm³/mol. The van der Waals surface area contributed by atoms with Crippen molar-refractivity contribution in [1.29, 1.82) is 0 Å². The van der Waals surface area contributed by atoms with Crippen LogP contribution in [0.4, 0.5) is 0 Å². The Balaban J connectivity index is 3.80. The van der Waals surface area contributed by atoms with Gasteiger partial charge in [-0.1, -0.05) is 41.5 Å². The third kappa shape index (κ3) is 17.7. The van der Waals surface area contributed by atoms with Crippen LogP contribution in [0.2, 0.25) is 0 Å². The zero-order valence-corrected chi connectivity index (χ0v) is 19.5.